The largest absolute Gasteiger partial charge is 0.429 e. The van der Waals surface area contributed by atoms with Gasteiger partial charge in [0.25, 0.3) is 0 Å². The summed E-state index contributed by atoms with van der Waals surface area (Å²) in [5.41, 5.74) is 0.506. The molecule has 2 saturated carbocycles. The molecular weight excluding hydrogens is 392 g/mol. The summed E-state index contributed by atoms with van der Waals surface area (Å²) in [6.07, 6.45) is 16.2. The van der Waals surface area contributed by atoms with Crippen molar-refractivity contribution in [3.8, 4) is 5.75 Å². The van der Waals surface area contributed by atoms with Crippen LogP contribution in [0.4, 0.5) is 17.6 Å². The van der Waals surface area contributed by atoms with Gasteiger partial charge in [-0.05, 0) is 92.7 Å². The van der Waals surface area contributed by atoms with Crippen LogP contribution in [0.15, 0.2) is 24.8 Å². The first-order valence-electron chi connectivity index (χ1n) is 11.5. The second-order valence-corrected chi connectivity index (χ2v) is 9.23. The molecule has 5 heteroatoms. The molecule has 0 amide bonds. The number of halogens is 4. The van der Waals surface area contributed by atoms with E-state index in [0.29, 0.717) is 17.9 Å². The van der Waals surface area contributed by atoms with Crippen LogP contribution in [0.3, 0.4) is 0 Å². The van der Waals surface area contributed by atoms with Crippen LogP contribution in [0.1, 0.15) is 76.2 Å². The average molecular weight is 427 g/mol. The van der Waals surface area contributed by atoms with E-state index in [1.54, 1.807) is 0 Å². The van der Waals surface area contributed by atoms with Crippen molar-refractivity contribution in [3.05, 3.63) is 42.0 Å². The SMILES string of the molecule is C=CCCC1CCC(C2CCC(CCc3cc(F)c(OC(F)F)c(F)c3)CC2)CC1. The maximum atomic E-state index is 13.9. The number of ether oxygens (including phenoxy) is 1. The highest BCUT2D eigenvalue weighted by atomic mass is 19.3. The van der Waals surface area contributed by atoms with E-state index in [0.717, 1.165) is 42.7 Å². The lowest BCUT2D eigenvalue weighted by Crippen LogP contribution is -2.26. The molecule has 0 radical (unpaired) electrons. The number of aryl methyl sites for hydroxylation is 1. The molecule has 30 heavy (non-hydrogen) atoms. The van der Waals surface area contributed by atoms with Gasteiger partial charge in [0.2, 0.25) is 0 Å². The number of alkyl halides is 2. The van der Waals surface area contributed by atoms with Crippen LogP contribution < -0.4 is 4.74 Å². The first-order chi connectivity index (χ1) is 14.5. The predicted octanol–water partition coefficient (Wildman–Crippen LogP) is 8.08. The van der Waals surface area contributed by atoms with Gasteiger partial charge in [-0.2, -0.15) is 8.78 Å². The molecule has 0 saturated heterocycles. The van der Waals surface area contributed by atoms with Gasteiger partial charge >= 0.3 is 6.61 Å². The quantitative estimate of drug-likeness (QED) is 0.286. The highest BCUT2D eigenvalue weighted by Gasteiger charge is 2.30. The smallest absolute Gasteiger partial charge is 0.387 e. The molecule has 2 fully saturated rings. The fourth-order valence-electron chi connectivity index (χ4n) is 5.58. The first kappa shape index (κ1) is 23.1. The van der Waals surface area contributed by atoms with Gasteiger partial charge in [-0.25, -0.2) is 8.78 Å². The van der Waals surface area contributed by atoms with Crippen LogP contribution in [0.2, 0.25) is 0 Å². The zero-order valence-electron chi connectivity index (χ0n) is 17.7. The summed E-state index contributed by atoms with van der Waals surface area (Å²) in [4.78, 5) is 0. The topological polar surface area (TPSA) is 9.23 Å². The molecule has 2 aliphatic carbocycles. The van der Waals surface area contributed by atoms with E-state index in [9.17, 15) is 17.6 Å². The Hall–Kier alpha value is -1.52. The van der Waals surface area contributed by atoms with Crippen LogP contribution in [0.25, 0.3) is 0 Å². The fraction of sp³-hybridized carbons (Fsp3) is 0.680. The zero-order valence-corrected chi connectivity index (χ0v) is 17.7. The lowest BCUT2D eigenvalue weighted by molar-refractivity contribution is -0.0546. The molecule has 1 aromatic rings. The number of rotatable bonds is 9. The minimum atomic E-state index is -3.24. The molecule has 168 valence electrons. The Bertz CT molecular complexity index is 651. The van der Waals surface area contributed by atoms with Crippen molar-refractivity contribution in [2.45, 2.75) is 83.7 Å². The predicted molar refractivity (Wildman–Crippen MR) is 112 cm³/mol. The first-order valence-corrected chi connectivity index (χ1v) is 11.5. The second kappa shape index (κ2) is 11.2. The molecule has 0 aromatic heterocycles. The van der Waals surface area contributed by atoms with Crippen LogP contribution in [-0.2, 0) is 6.42 Å². The zero-order chi connectivity index (χ0) is 21.5. The summed E-state index contributed by atoms with van der Waals surface area (Å²) in [5.74, 6) is 0.0600. The number of hydrogen-bond donors (Lipinski definition) is 0. The molecule has 0 aliphatic heterocycles. The van der Waals surface area contributed by atoms with Gasteiger partial charge in [0, 0.05) is 0 Å². The molecule has 0 heterocycles. The van der Waals surface area contributed by atoms with Gasteiger partial charge < -0.3 is 4.74 Å². The second-order valence-electron chi connectivity index (χ2n) is 9.23. The Kier molecular flexibility index (Phi) is 8.64. The number of hydrogen-bond acceptors (Lipinski definition) is 1. The minimum absolute atomic E-state index is 0.506. The molecule has 0 bridgehead atoms. The van der Waals surface area contributed by atoms with E-state index >= 15 is 0 Å². The third-order valence-corrected chi connectivity index (χ3v) is 7.33. The lowest BCUT2D eigenvalue weighted by Gasteiger charge is -2.38. The van der Waals surface area contributed by atoms with Gasteiger partial charge in [0.15, 0.2) is 17.4 Å². The number of benzene rings is 1. The van der Waals surface area contributed by atoms with E-state index < -0.39 is 24.0 Å². The molecule has 2 aliphatic rings. The summed E-state index contributed by atoms with van der Waals surface area (Å²) >= 11 is 0. The summed E-state index contributed by atoms with van der Waals surface area (Å²) in [6.45, 7) is 0.589. The van der Waals surface area contributed by atoms with Crippen molar-refractivity contribution in [1.29, 1.82) is 0 Å². The Balaban J connectivity index is 1.41. The van der Waals surface area contributed by atoms with Crippen LogP contribution in [0.5, 0.6) is 5.75 Å². The standard InChI is InChI=1S/C25H34F4O/c1-2-3-4-17-7-11-20(12-8-17)21-13-9-18(10-14-21)5-6-19-15-22(26)24(23(27)16-19)30-25(28)29/h2,15-18,20-21,25H,1,3-14H2. The van der Waals surface area contributed by atoms with E-state index in [1.807, 2.05) is 6.08 Å². The van der Waals surface area contributed by atoms with Gasteiger partial charge in [-0.3, -0.25) is 0 Å². The molecule has 0 spiro atoms. The molecule has 0 atom stereocenters. The lowest BCUT2D eigenvalue weighted by atomic mass is 9.68. The van der Waals surface area contributed by atoms with Crippen molar-refractivity contribution < 1.29 is 22.3 Å². The summed E-state index contributed by atoms with van der Waals surface area (Å²) in [6, 6.07) is 2.24. The normalized spacial score (nSPS) is 27.2. The van der Waals surface area contributed by atoms with Crippen molar-refractivity contribution in [1.82, 2.24) is 0 Å². The third-order valence-electron chi connectivity index (χ3n) is 7.33. The highest BCUT2D eigenvalue weighted by Crippen LogP contribution is 2.43. The highest BCUT2D eigenvalue weighted by molar-refractivity contribution is 5.31. The number of allylic oxidation sites excluding steroid dienone is 1. The Labute approximate surface area is 177 Å². The van der Waals surface area contributed by atoms with Crippen molar-refractivity contribution in [2.24, 2.45) is 23.7 Å². The van der Waals surface area contributed by atoms with Crippen LogP contribution in [0, 0.1) is 35.3 Å². The summed E-state index contributed by atoms with van der Waals surface area (Å²) in [5, 5.41) is 0. The van der Waals surface area contributed by atoms with Crippen molar-refractivity contribution >= 4 is 0 Å². The summed E-state index contributed by atoms with van der Waals surface area (Å²) in [7, 11) is 0. The van der Waals surface area contributed by atoms with E-state index in [4.69, 9.17) is 0 Å². The molecule has 0 N–H and O–H groups in total. The fourth-order valence-corrected chi connectivity index (χ4v) is 5.58. The Morgan fingerprint density at radius 3 is 1.83 bits per heavy atom. The molecular formula is C25H34F4O. The molecule has 1 nitrogen and oxygen atoms in total. The van der Waals surface area contributed by atoms with Gasteiger partial charge in [-0.1, -0.05) is 31.8 Å². The van der Waals surface area contributed by atoms with Gasteiger partial charge in [0.05, 0.1) is 0 Å². The third kappa shape index (κ3) is 6.49. The van der Waals surface area contributed by atoms with Gasteiger partial charge in [0.1, 0.15) is 0 Å². The van der Waals surface area contributed by atoms with Crippen molar-refractivity contribution in [3.63, 3.8) is 0 Å². The molecule has 1 aromatic carbocycles. The Morgan fingerprint density at radius 1 is 0.867 bits per heavy atom. The summed E-state index contributed by atoms with van der Waals surface area (Å²) < 4.78 is 56.2. The average Bonchev–Trinajstić information content (AvgIpc) is 2.74. The maximum absolute atomic E-state index is 13.9. The van der Waals surface area contributed by atoms with Crippen molar-refractivity contribution in [2.75, 3.05) is 0 Å². The maximum Gasteiger partial charge on any atom is 0.387 e. The van der Waals surface area contributed by atoms with E-state index in [2.05, 4.69) is 11.3 Å². The van der Waals surface area contributed by atoms with E-state index in [1.165, 1.54) is 57.8 Å². The van der Waals surface area contributed by atoms with E-state index in [-0.39, 0.29) is 0 Å². The van der Waals surface area contributed by atoms with Crippen LogP contribution >= 0.6 is 0 Å². The monoisotopic (exact) mass is 426 g/mol. The minimum Gasteiger partial charge on any atom is -0.429 e. The molecule has 3 rings (SSSR count). The Morgan fingerprint density at radius 2 is 1.37 bits per heavy atom. The molecule has 0 unspecified atom stereocenters. The van der Waals surface area contributed by atoms with Gasteiger partial charge in [-0.15, -0.1) is 6.58 Å². The van der Waals surface area contributed by atoms with Crippen LogP contribution in [-0.4, -0.2) is 6.61 Å².